The monoisotopic (exact) mass is 386 g/mol. The number of pyridine rings is 1. The van der Waals surface area contributed by atoms with Crippen LogP contribution < -0.4 is 5.32 Å². The second-order valence-corrected chi connectivity index (χ2v) is 6.74. The van der Waals surface area contributed by atoms with Crippen LogP contribution in [0.15, 0.2) is 41.0 Å². The lowest BCUT2D eigenvalue weighted by molar-refractivity contribution is 0.524. The first-order valence-electron chi connectivity index (χ1n) is 6.94. The van der Waals surface area contributed by atoms with Crippen molar-refractivity contribution in [1.29, 1.82) is 0 Å². The van der Waals surface area contributed by atoms with Crippen LogP contribution in [0.5, 0.6) is 0 Å². The quantitative estimate of drug-likeness (QED) is 0.551. The van der Waals surface area contributed by atoms with E-state index in [2.05, 4.69) is 26.2 Å². The summed E-state index contributed by atoms with van der Waals surface area (Å²) in [6, 6.07) is 9.59. The van der Waals surface area contributed by atoms with Gasteiger partial charge in [-0.2, -0.15) is 11.8 Å². The van der Waals surface area contributed by atoms with E-state index >= 15 is 0 Å². The third kappa shape index (κ3) is 5.04. The molecule has 0 fully saturated rings. The minimum absolute atomic E-state index is 0.170. The van der Waals surface area contributed by atoms with E-state index in [-0.39, 0.29) is 17.7 Å². The Labute approximate surface area is 141 Å². The first kappa shape index (κ1) is 17.4. The van der Waals surface area contributed by atoms with E-state index in [1.807, 2.05) is 13.0 Å². The zero-order chi connectivity index (χ0) is 15.9. The standard InChI is InChI=1S/C16H17BrF2N2S/c1-11(16-14(19)6-7-15(17)21-16)20-8-9-22-10-12-4-2-3-5-13(12)18/h2-7,11,20H,8-10H2,1H3/t11-/m0/s1. The van der Waals surface area contributed by atoms with Crippen molar-refractivity contribution in [2.45, 2.75) is 18.7 Å². The summed E-state index contributed by atoms with van der Waals surface area (Å²) in [4.78, 5) is 4.15. The Hall–Kier alpha value is -0.980. The van der Waals surface area contributed by atoms with E-state index in [0.717, 1.165) is 5.75 Å². The maximum Gasteiger partial charge on any atom is 0.146 e. The van der Waals surface area contributed by atoms with Crippen molar-refractivity contribution >= 4 is 27.7 Å². The van der Waals surface area contributed by atoms with Gasteiger partial charge in [0.05, 0.1) is 5.69 Å². The van der Waals surface area contributed by atoms with Crippen LogP contribution >= 0.6 is 27.7 Å². The molecule has 1 heterocycles. The van der Waals surface area contributed by atoms with Crippen molar-refractivity contribution in [3.8, 4) is 0 Å². The lowest BCUT2D eigenvalue weighted by atomic mass is 10.2. The van der Waals surface area contributed by atoms with Crippen LogP contribution in [0.3, 0.4) is 0 Å². The van der Waals surface area contributed by atoms with Gasteiger partial charge < -0.3 is 5.32 Å². The van der Waals surface area contributed by atoms with Crippen LogP contribution in [0.4, 0.5) is 8.78 Å². The molecule has 2 nitrogen and oxygen atoms in total. The fourth-order valence-corrected chi connectivity index (χ4v) is 3.16. The molecule has 1 atom stereocenters. The SMILES string of the molecule is C[C@H](NCCSCc1ccccc1F)c1nc(Br)ccc1F. The molecule has 22 heavy (non-hydrogen) atoms. The Bertz CT molecular complexity index is 625. The number of nitrogens with zero attached hydrogens (tertiary/aromatic N) is 1. The number of hydrogen-bond donors (Lipinski definition) is 1. The molecule has 0 aliphatic rings. The molecule has 0 aliphatic heterocycles. The molecule has 0 bridgehead atoms. The lowest BCUT2D eigenvalue weighted by Crippen LogP contribution is -2.23. The van der Waals surface area contributed by atoms with E-state index in [9.17, 15) is 8.78 Å². The first-order valence-corrected chi connectivity index (χ1v) is 8.89. The second-order valence-electron chi connectivity index (χ2n) is 4.82. The fraction of sp³-hybridized carbons (Fsp3) is 0.312. The van der Waals surface area contributed by atoms with Crippen LogP contribution in [0.25, 0.3) is 0 Å². The molecule has 6 heteroatoms. The van der Waals surface area contributed by atoms with Crippen LogP contribution in [0.1, 0.15) is 24.2 Å². The topological polar surface area (TPSA) is 24.9 Å². The lowest BCUT2D eigenvalue weighted by Gasteiger charge is -2.14. The Morgan fingerprint density at radius 3 is 2.73 bits per heavy atom. The molecule has 0 radical (unpaired) electrons. The highest BCUT2D eigenvalue weighted by atomic mass is 79.9. The zero-order valence-electron chi connectivity index (χ0n) is 12.2. The molecule has 118 valence electrons. The predicted octanol–water partition coefficient (Wildman–Crippen LogP) is 4.71. The van der Waals surface area contributed by atoms with Crippen molar-refractivity contribution < 1.29 is 8.78 Å². The van der Waals surface area contributed by atoms with Gasteiger partial charge in [-0.15, -0.1) is 0 Å². The molecular weight excluding hydrogens is 370 g/mol. The number of halogens is 3. The average molecular weight is 387 g/mol. The molecule has 2 rings (SSSR count). The molecule has 2 aromatic rings. The van der Waals surface area contributed by atoms with Gasteiger partial charge in [-0.3, -0.25) is 0 Å². The van der Waals surface area contributed by atoms with Gasteiger partial charge in [-0.1, -0.05) is 18.2 Å². The van der Waals surface area contributed by atoms with Crippen molar-refractivity contribution in [3.05, 3.63) is 63.9 Å². The van der Waals surface area contributed by atoms with Gasteiger partial charge in [0.2, 0.25) is 0 Å². The van der Waals surface area contributed by atoms with Gasteiger partial charge in [-0.05, 0) is 46.6 Å². The summed E-state index contributed by atoms with van der Waals surface area (Å²) in [6.45, 7) is 2.58. The van der Waals surface area contributed by atoms with Crippen LogP contribution in [0, 0.1) is 11.6 Å². The first-order chi connectivity index (χ1) is 10.6. The smallest absolute Gasteiger partial charge is 0.146 e. The van der Waals surface area contributed by atoms with E-state index < -0.39 is 0 Å². The number of rotatable bonds is 7. The van der Waals surface area contributed by atoms with Crippen molar-refractivity contribution in [2.24, 2.45) is 0 Å². The molecule has 1 aromatic carbocycles. The van der Waals surface area contributed by atoms with Crippen LogP contribution in [-0.4, -0.2) is 17.3 Å². The maximum atomic E-state index is 13.7. The molecule has 0 saturated heterocycles. The molecule has 0 amide bonds. The normalized spacial score (nSPS) is 12.4. The van der Waals surface area contributed by atoms with Crippen molar-refractivity contribution in [3.63, 3.8) is 0 Å². The molecule has 0 spiro atoms. The predicted molar refractivity (Wildman–Crippen MR) is 90.9 cm³/mol. The maximum absolute atomic E-state index is 13.7. The number of thioether (sulfide) groups is 1. The Kier molecular flexibility index (Phi) is 6.79. The third-order valence-corrected chi connectivity index (χ3v) is 4.61. The number of nitrogens with one attached hydrogen (secondary N) is 1. The summed E-state index contributed by atoms with van der Waals surface area (Å²) in [6.07, 6.45) is 0. The number of benzene rings is 1. The molecule has 1 N–H and O–H groups in total. The fourth-order valence-electron chi connectivity index (χ4n) is 1.98. The Morgan fingerprint density at radius 1 is 1.18 bits per heavy atom. The highest BCUT2D eigenvalue weighted by Crippen LogP contribution is 2.18. The zero-order valence-corrected chi connectivity index (χ0v) is 14.6. The van der Waals surface area contributed by atoms with Crippen LogP contribution in [-0.2, 0) is 5.75 Å². The summed E-state index contributed by atoms with van der Waals surface area (Å²) in [5.41, 5.74) is 1.11. The van der Waals surface area contributed by atoms with Crippen molar-refractivity contribution in [1.82, 2.24) is 10.3 Å². The minimum Gasteiger partial charge on any atom is -0.308 e. The van der Waals surface area contributed by atoms with Gasteiger partial charge in [-0.25, -0.2) is 13.8 Å². The van der Waals surface area contributed by atoms with E-state index in [4.69, 9.17) is 0 Å². The van der Waals surface area contributed by atoms with Gasteiger partial charge in [0.1, 0.15) is 16.2 Å². The summed E-state index contributed by atoms with van der Waals surface area (Å²) in [7, 11) is 0. The molecule has 0 unspecified atom stereocenters. The van der Waals surface area contributed by atoms with E-state index in [0.29, 0.717) is 28.2 Å². The second kappa shape index (κ2) is 8.60. The summed E-state index contributed by atoms with van der Waals surface area (Å²) < 4.78 is 27.8. The third-order valence-electron chi connectivity index (χ3n) is 3.16. The van der Waals surface area contributed by atoms with Gasteiger partial charge in [0.15, 0.2) is 0 Å². The van der Waals surface area contributed by atoms with Gasteiger partial charge in [0.25, 0.3) is 0 Å². The number of hydrogen-bond acceptors (Lipinski definition) is 3. The van der Waals surface area contributed by atoms with Gasteiger partial charge in [0, 0.05) is 24.1 Å². The summed E-state index contributed by atoms with van der Waals surface area (Å²) >= 11 is 4.88. The molecule has 1 aromatic heterocycles. The molecule has 0 aliphatic carbocycles. The van der Waals surface area contributed by atoms with E-state index in [1.54, 1.807) is 30.0 Å². The molecule has 0 saturated carbocycles. The average Bonchev–Trinajstić information content (AvgIpc) is 2.51. The largest absolute Gasteiger partial charge is 0.308 e. The van der Waals surface area contributed by atoms with Gasteiger partial charge >= 0.3 is 0 Å². The highest BCUT2D eigenvalue weighted by Gasteiger charge is 2.12. The Balaban J connectivity index is 1.74. The summed E-state index contributed by atoms with van der Waals surface area (Å²) in [5.74, 6) is 0.958. The minimum atomic E-state index is -0.317. The molecular formula is C16H17BrF2N2S. The van der Waals surface area contributed by atoms with E-state index in [1.165, 1.54) is 12.1 Å². The highest BCUT2D eigenvalue weighted by molar-refractivity contribution is 9.10. The number of aromatic nitrogens is 1. The summed E-state index contributed by atoms with van der Waals surface area (Å²) in [5, 5.41) is 3.23. The van der Waals surface area contributed by atoms with Crippen LogP contribution in [0.2, 0.25) is 0 Å². The Morgan fingerprint density at radius 2 is 1.95 bits per heavy atom. The van der Waals surface area contributed by atoms with Crippen molar-refractivity contribution in [2.75, 3.05) is 12.3 Å².